The second kappa shape index (κ2) is 2.35. The van der Waals surface area contributed by atoms with Crippen molar-refractivity contribution in [3.05, 3.63) is 0 Å². The van der Waals surface area contributed by atoms with Gasteiger partial charge in [-0.1, -0.05) is 38.5 Å². The van der Waals surface area contributed by atoms with Crippen LogP contribution in [0.1, 0.15) is 64.2 Å². The lowest BCUT2D eigenvalue weighted by Gasteiger charge is -2.36. The molecule has 2 nitrogen and oxygen atoms in total. The Kier molecular flexibility index (Phi) is 1.37. The van der Waals surface area contributed by atoms with Crippen LogP contribution in [0.2, 0.25) is 0 Å². The van der Waals surface area contributed by atoms with E-state index in [2.05, 4.69) is 10.0 Å². The van der Waals surface area contributed by atoms with Crippen LogP contribution in [-0.4, -0.2) is 21.3 Å². The lowest BCUT2D eigenvalue weighted by atomic mass is 9.82. The van der Waals surface area contributed by atoms with Gasteiger partial charge in [-0.15, -0.1) is 0 Å². The average Bonchev–Trinajstić information content (AvgIpc) is 3.11. The lowest BCUT2D eigenvalue weighted by molar-refractivity contribution is 0.117. The highest BCUT2D eigenvalue weighted by Gasteiger charge is 2.87. The summed E-state index contributed by atoms with van der Waals surface area (Å²) >= 11 is 0. The Morgan fingerprint density at radius 3 is 1.21 bits per heavy atom. The van der Waals surface area contributed by atoms with Crippen LogP contribution in [0.4, 0.5) is 0 Å². The molecular weight excluding hydrogens is 172 g/mol. The molecule has 14 heavy (non-hydrogen) atoms. The summed E-state index contributed by atoms with van der Waals surface area (Å²) in [6.45, 7) is 0. The highest BCUT2D eigenvalue weighted by atomic mass is 16.1. The van der Waals surface area contributed by atoms with Crippen molar-refractivity contribution in [2.45, 2.75) is 75.5 Å². The van der Waals surface area contributed by atoms with Gasteiger partial charge in [-0.2, -0.15) is 10.0 Å². The molecule has 0 unspecified atom stereocenters. The second-order valence-corrected chi connectivity index (χ2v) is 5.71. The summed E-state index contributed by atoms with van der Waals surface area (Å²) in [6, 6.07) is 0. The van der Waals surface area contributed by atoms with Crippen molar-refractivity contribution in [3.63, 3.8) is 0 Å². The number of hydrazine groups is 1. The Balaban J connectivity index is 1.49. The van der Waals surface area contributed by atoms with Gasteiger partial charge in [0.25, 0.3) is 0 Å². The Bertz CT molecular complexity index is 221. The Hall–Kier alpha value is -0.0800. The molecule has 78 valence electrons. The van der Waals surface area contributed by atoms with Crippen molar-refractivity contribution in [3.8, 4) is 0 Å². The van der Waals surface area contributed by atoms with Crippen molar-refractivity contribution in [1.82, 2.24) is 10.0 Å². The van der Waals surface area contributed by atoms with Gasteiger partial charge in [0.15, 0.2) is 0 Å². The monoisotopic (exact) mass is 192 g/mol. The van der Waals surface area contributed by atoms with E-state index in [0.717, 1.165) is 0 Å². The summed E-state index contributed by atoms with van der Waals surface area (Å²) in [5, 5.41) is 5.52. The van der Waals surface area contributed by atoms with Crippen LogP contribution in [0.25, 0.3) is 0 Å². The van der Waals surface area contributed by atoms with Crippen LogP contribution < -0.4 is 0 Å². The molecule has 2 heterocycles. The Labute approximate surface area is 86.2 Å². The van der Waals surface area contributed by atoms with E-state index in [-0.39, 0.29) is 0 Å². The largest absolute Gasteiger partial charge is 0.195 e. The predicted octanol–water partition coefficient (Wildman–Crippen LogP) is 2.85. The number of fused-ring (bicyclic) bond motifs is 5. The lowest BCUT2D eigenvalue weighted by Crippen LogP contribution is -2.45. The van der Waals surface area contributed by atoms with E-state index in [4.69, 9.17) is 0 Å². The maximum Gasteiger partial charge on any atom is 0.105 e. The van der Waals surface area contributed by atoms with Gasteiger partial charge in [0.05, 0.1) is 0 Å². The average molecular weight is 192 g/mol. The van der Waals surface area contributed by atoms with E-state index < -0.39 is 0 Å². The van der Waals surface area contributed by atoms with Crippen LogP contribution >= 0.6 is 0 Å². The zero-order valence-electron chi connectivity index (χ0n) is 8.97. The van der Waals surface area contributed by atoms with Crippen molar-refractivity contribution >= 4 is 0 Å². The smallest absolute Gasteiger partial charge is 0.105 e. The van der Waals surface area contributed by atoms with Crippen molar-refractivity contribution in [2.75, 3.05) is 0 Å². The molecule has 2 saturated heterocycles. The predicted molar refractivity (Wildman–Crippen MR) is 55.3 cm³/mol. The summed E-state index contributed by atoms with van der Waals surface area (Å²) in [4.78, 5) is 0. The van der Waals surface area contributed by atoms with Gasteiger partial charge >= 0.3 is 0 Å². The van der Waals surface area contributed by atoms with Crippen LogP contribution in [0.3, 0.4) is 0 Å². The summed E-state index contributed by atoms with van der Waals surface area (Å²) < 4.78 is 0. The van der Waals surface area contributed by atoms with Crippen molar-refractivity contribution in [2.24, 2.45) is 0 Å². The van der Waals surface area contributed by atoms with Crippen molar-refractivity contribution < 1.29 is 0 Å². The first-order valence-corrected chi connectivity index (χ1v) is 6.51. The van der Waals surface area contributed by atoms with Crippen molar-refractivity contribution in [1.29, 1.82) is 0 Å². The normalized spacial score (nSPS) is 46.3. The van der Waals surface area contributed by atoms with Crippen LogP contribution in [0.5, 0.6) is 0 Å². The van der Waals surface area contributed by atoms with Crippen LogP contribution in [0.15, 0.2) is 0 Å². The molecule has 0 N–H and O–H groups in total. The summed E-state index contributed by atoms with van der Waals surface area (Å²) in [5.41, 5.74) is 1.24. The molecule has 2 heteroatoms. The Morgan fingerprint density at radius 1 is 0.500 bits per heavy atom. The first kappa shape index (κ1) is 8.12. The first-order valence-electron chi connectivity index (χ1n) is 6.51. The maximum absolute atomic E-state index is 2.76. The molecule has 2 aliphatic carbocycles. The SMILES string of the molecule is C1CCC2(CC1)N1N2C12CCCCC2. The van der Waals surface area contributed by atoms with E-state index in [1.54, 1.807) is 0 Å². The molecule has 4 rings (SSSR count). The third-order valence-corrected chi connectivity index (χ3v) is 5.01. The molecule has 0 aromatic rings. The van der Waals surface area contributed by atoms with Gasteiger partial charge < -0.3 is 0 Å². The molecule has 0 aromatic heterocycles. The molecule has 0 bridgehead atoms. The molecule has 4 aliphatic rings. The highest BCUT2D eigenvalue weighted by molar-refractivity contribution is 5.27. The molecule has 0 atom stereocenters. The summed E-state index contributed by atoms with van der Waals surface area (Å²) in [6.07, 6.45) is 14.7. The second-order valence-electron chi connectivity index (χ2n) is 5.71. The van der Waals surface area contributed by atoms with E-state index in [1.165, 1.54) is 64.2 Å². The molecule has 2 saturated carbocycles. The van der Waals surface area contributed by atoms with Gasteiger partial charge in [0, 0.05) is 0 Å². The number of hydrogen-bond acceptors (Lipinski definition) is 2. The molecule has 0 amide bonds. The quantitative estimate of drug-likeness (QED) is 0.544. The minimum atomic E-state index is 0.621. The molecule has 2 spiro atoms. The highest BCUT2D eigenvalue weighted by Crippen LogP contribution is 2.74. The minimum Gasteiger partial charge on any atom is -0.195 e. The third kappa shape index (κ3) is 0.737. The molecular formula is C12H20N2. The van der Waals surface area contributed by atoms with E-state index >= 15 is 0 Å². The summed E-state index contributed by atoms with van der Waals surface area (Å²) in [5.74, 6) is 0. The summed E-state index contributed by atoms with van der Waals surface area (Å²) in [7, 11) is 0. The van der Waals surface area contributed by atoms with Gasteiger partial charge in [0.2, 0.25) is 0 Å². The Morgan fingerprint density at radius 2 is 0.857 bits per heavy atom. The minimum absolute atomic E-state index is 0.621. The van der Waals surface area contributed by atoms with E-state index in [1.807, 2.05) is 0 Å². The van der Waals surface area contributed by atoms with Gasteiger partial charge in [-0.25, -0.2) is 0 Å². The molecule has 0 aromatic carbocycles. The molecule has 4 fully saturated rings. The topological polar surface area (TPSA) is 6.02 Å². The first-order chi connectivity index (χ1) is 6.90. The van der Waals surface area contributed by atoms with Gasteiger partial charge in [-0.3, -0.25) is 0 Å². The number of rotatable bonds is 0. The zero-order valence-corrected chi connectivity index (χ0v) is 8.97. The third-order valence-electron chi connectivity index (χ3n) is 5.01. The van der Waals surface area contributed by atoms with Gasteiger partial charge in [0.1, 0.15) is 11.3 Å². The number of nitrogens with zero attached hydrogens (tertiary/aromatic N) is 2. The van der Waals surface area contributed by atoms with E-state index in [9.17, 15) is 0 Å². The zero-order chi connectivity index (χ0) is 9.23. The van der Waals surface area contributed by atoms with Gasteiger partial charge in [-0.05, 0) is 25.7 Å². The molecule has 2 aliphatic heterocycles. The fourth-order valence-corrected chi connectivity index (χ4v) is 4.38. The molecule has 0 radical (unpaired) electrons. The van der Waals surface area contributed by atoms with Crippen LogP contribution in [0, 0.1) is 0 Å². The van der Waals surface area contributed by atoms with E-state index in [0.29, 0.717) is 11.3 Å². The van der Waals surface area contributed by atoms with Crippen LogP contribution in [-0.2, 0) is 0 Å². The maximum atomic E-state index is 2.76. The fraction of sp³-hybridized carbons (Fsp3) is 1.00. The standard InChI is InChI=1S/C12H20N2/c1-3-7-11(8-4-1)13-12(14(11)13)9-5-2-6-10-12/h1-10H2. The fourth-order valence-electron chi connectivity index (χ4n) is 4.38. The number of hydrogen-bond donors (Lipinski definition) is 0.